The molecule has 1 heterocycles. The molecular weight excluding hydrogens is 288 g/mol. The third kappa shape index (κ3) is 4.11. The summed E-state index contributed by atoms with van der Waals surface area (Å²) in [7, 11) is 0. The van der Waals surface area contributed by atoms with Crippen LogP contribution in [-0.4, -0.2) is 36.5 Å². The first-order valence-corrected chi connectivity index (χ1v) is 7.93. The Bertz CT molecular complexity index is 473. The lowest BCUT2D eigenvalue weighted by atomic mass is 9.96. The normalized spacial score (nSPS) is 17.6. The van der Waals surface area contributed by atoms with Gasteiger partial charge in [0.15, 0.2) is 6.10 Å². The van der Waals surface area contributed by atoms with Crippen LogP contribution < -0.4 is 10.5 Å². The Hall–Kier alpha value is -1.26. The van der Waals surface area contributed by atoms with E-state index in [-0.39, 0.29) is 5.91 Å². The van der Waals surface area contributed by atoms with Crippen LogP contribution in [0.1, 0.15) is 26.2 Å². The smallest absolute Gasteiger partial charge is 0.263 e. The van der Waals surface area contributed by atoms with Crippen molar-refractivity contribution in [3.63, 3.8) is 0 Å². The number of carbonyl (C=O) groups excluding carboxylic acids is 1. The molecule has 1 aromatic carbocycles. The number of amides is 1. The van der Waals surface area contributed by atoms with Crippen molar-refractivity contribution in [2.75, 3.05) is 19.6 Å². The first kappa shape index (κ1) is 16.1. The molecule has 1 amide bonds. The Morgan fingerprint density at radius 3 is 2.67 bits per heavy atom. The van der Waals surface area contributed by atoms with E-state index in [4.69, 9.17) is 22.1 Å². The molecule has 1 aromatic rings. The van der Waals surface area contributed by atoms with Gasteiger partial charge < -0.3 is 15.4 Å². The second-order valence-electron chi connectivity index (χ2n) is 5.45. The Kier molecular flexibility index (Phi) is 5.88. The highest BCUT2D eigenvalue weighted by Crippen LogP contribution is 2.26. The van der Waals surface area contributed by atoms with Crippen LogP contribution >= 0.6 is 11.6 Å². The van der Waals surface area contributed by atoms with E-state index in [2.05, 4.69) is 0 Å². The first-order valence-electron chi connectivity index (χ1n) is 7.55. The predicted molar refractivity (Wildman–Crippen MR) is 84.5 cm³/mol. The number of carbonyl (C=O) groups is 1. The summed E-state index contributed by atoms with van der Waals surface area (Å²) in [5.41, 5.74) is 5.69. The SMILES string of the molecule is CCC(Oc1ccccc1Cl)C(=O)N1CCC(CN)CC1. The highest BCUT2D eigenvalue weighted by molar-refractivity contribution is 6.32. The number of rotatable bonds is 5. The molecule has 1 atom stereocenters. The maximum Gasteiger partial charge on any atom is 0.263 e. The van der Waals surface area contributed by atoms with E-state index < -0.39 is 6.10 Å². The second kappa shape index (κ2) is 7.66. The molecule has 1 aliphatic rings. The molecule has 1 aliphatic heterocycles. The number of benzene rings is 1. The van der Waals surface area contributed by atoms with Crippen LogP contribution in [0.15, 0.2) is 24.3 Å². The lowest BCUT2D eigenvalue weighted by molar-refractivity contribution is -0.140. The number of nitrogens with two attached hydrogens (primary N) is 1. The van der Waals surface area contributed by atoms with Crippen molar-refractivity contribution >= 4 is 17.5 Å². The van der Waals surface area contributed by atoms with E-state index in [1.165, 1.54) is 0 Å². The summed E-state index contributed by atoms with van der Waals surface area (Å²) < 4.78 is 5.81. The van der Waals surface area contributed by atoms with Gasteiger partial charge in [-0.25, -0.2) is 0 Å². The number of halogens is 1. The zero-order chi connectivity index (χ0) is 15.2. The summed E-state index contributed by atoms with van der Waals surface area (Å²) in [6, 6.07) is 7.25. The standard InChI is InChI=1S/C16H23ClN2O2/c1-2-14(21-15-6-4-3-5-13(15)17)16(20)19-9-7-12(11-18)8-10-19/h3-6,12,14H,2,7-11,18H2,1H3. The summed E-state index contributed by atoms with van der Waals surface area (Å²) in [5, 5.41) is 0.533. The highest BCUT2D eigenvalue weighted by Gasteiger charge is 2.28. The maximum absolute atomic E-state index is 12.6. The molecule has 0 spiro atoms. The fourth-order valence-corrected chi connectivity index (χ4v) is 2.77. The monoisotopic (exact) mass is 310 g/mol. The molecular formula is C16H23ClN2O2. The molecule has 1 unspecified atom stereocenters. The molecule has 1 saturated heterocycles. The van der Waals surface area contributed by atoms with Crippen molar-refractivity contribution < 1.29 is 9.53 Å². The molecule has 2 N–H and O–H groups in total. The molecule has 1 fully saturated rings. The number of hydrogen-bond donors (Lipinski definition) is 1. The van der Waals surface area contributed by atoms with Gasteiger partial charge in [0.05, 0.1) is 5.02 Å². The number of likely N-dealkylation sites (tertiary alicyclic amines) is 1. The minimum atomic E-state index is -0.473. The lowest BCUT2D eigenvalue weighted by Gasteiger charge is -2.33. The van der Waals surface area contributed by atoms with E-state index >= 15 is 0 Å². The minimum absolute atomic E-state index is 0.0490. The molecule has 0 bridgehead atoms. The molecule has 5 heteroatoms. The van der Waals surface area contributed by atoms with Gasteiger partial charge in [-0.2, -0.15) is 0 Å². The van der Waals surface area contributed by atoms with Gasteiger partial charge in [-0.1, -0.05) is 30.7 Å². The van der Waals surface area contributed by atoms with E-state index in [0.717, 1.165) is 25.9 Å². The van der Waals surface area contributed by atoms with Crippen molar-refractivity contribution in [1.29, 1.82) is 0 Å². The summed E-state index contributed by atoms with van der Waals surface area (Å²) in [5.74, 6) is 1.16. The first-order chi connectivity index (χ1) is 10.2. The molecule has 116 valence electrons. The van der Waals surface area contributed by atoms with E-state index in [9.17, 15) is 4.79 Å². The fourth-order valence-electron chi connectivity index (χ4n) is 2.59. The van der Waals surface area contributed by atoms with Crippen LogP contribution in [0.25, 0.3) is 0 Å². The van der Waals surface area contributed by atoms with Crippen molar-refractivity contribution in [3.05, 3.63) is 29.3 Å². The van der Waals surface area contributed by atoms with E-state index in [1.54, 1.807) is 12.1 Å². The molecule has 0 aromatic heterocycles. The lowest BCUT2D eigenvalue weighted by Crippen LogP contribution is -2.46. The van der Waals surface area contributed by atoms with Crippen molar-refractivity contribution in [2.24, 2.45) is 11.7 Å². The number of ether oxygens (including phenoxy) is 1. The Labute approximate surface area is 131 Å². The quantitative estimate of drug-likeness (QED) is 0.909. The van der Waals surface area contributed by atoms with Gasteiger partial charge in [-0.3, -0.25) is 4.79 Å². The van der Waals surface area contributed by atoms with Gasteiger partial charge in [0.25, 0.3) is 5.91 Å². The zero-order valence-corrected chi connectivity index (χ0v) is 13.2. The van der Waals surface area contributed by atoms with Gasteiger partial charge in [0.2, 0.25) is 0 Å². The average Bonchev–Trinajstić information content (AvgIpc) is 2.53. The van der Waals surface area contributed by atoms with Crippen LogP contribution in [0, 0.1) is 5.92 Å². The van der Waals surface area contributed by atoms with Crippen molar-refractivity contribution in [2.45, 2.75) is 32.3 Å². The Morgan fingerprint density at radius 2 is 2.10 bits per heavy atom. The van der Waals surface area contributed by atoms with Gasteiger partial charge in [0, 0.05) is 13.1 Å². The maximum atomic E-state index is 12.6. The predicted octanol–water partition coefficient (Wildman–Crippen LogP) is 2.69. The van der Waals surface area contributed by atoms with Crippen LogP contribution in [0.4, 0.5) is 0 Å². The van der Waals surface area contributed by atoms with Gasteiger partial charge in [-0.05, 0) is 43.9 Å². The molecule has 2 rings (SSSR count). The summed E-state index contributed by atoms with van der Waals surface area (Å²) in [4.78, 5) is 14.5. The van der Waals surface area contributed by atoms with Crippen LogP contribution in [0.5, 0.6) is 5.75 Å². The van der Waals surface area contributed by atoms with Gasteiger partial charge in [-0.15, -0.1) is 0 Å². The largest absolute Gasteiger partial charge is 0.479 e. The average molecular weight is 311 g/mol. The number of piperidine rings is 1. The third-order valence-electron chi connectivity index (χ3n) is 4.01. The topological polar surface area (TPSA) is 55.6 Å². The molecule has 0 saturated carbocycles. The fraction of sp³-hybridized carbons (Fsp3) is 0.562. The van der Waals surface area contributed by atoms with Gasteiger partial charge >= 0.3 is 0 Å². The summed E-state index contributed by atoms with van der Waals surface area (Å²) in [6.07, 6.45) is 2.11. The minimum Gasteiger partial charge on any atom is -0.479 e. The summed E-state index contributed by atoms with van der Waals surface area (Å²) >= 11 is 6.09. The number of hydrogen-bond acceptors (Lipinski definition) is 3. The third-order valence-corrected chi connectivity index (χ3v) is 4.32. The van der Waals surface area contributed by atoms with Crippen molar-refractivity contribution in [1.82, 2.24) is 4.90 Å². The molecule has 4 nitrogen and oxygen atoms in total. The second-order valence-corrected chi connectivity index (χ2v) is 5.86. The van der Waals surface area contributed by atoms with E-state index in [0.29, 0.717) is 29.7 Å². The number of para-hydroxylation sites is 1. The van der Waals surface area contributed by atoms with E-state index in [1.807, 2.05) is 24.0 Å². The van der Waals surface area contributed by atoms with Crippen molar-refractivity contribution in [3.8, 4) is 5.75 Å². The van der Waals surface area contributed by atoms with Crippen LogP contribution in [-0.2, 0) is 4.79 Å². The Balaban J connectivity index is 1.98. The molecule has 0 radical (unpaired) electrons. The molecule has 21 heavy (non-hydrogen) atoms. The number of nitrogens with zero attached hydrogens (tertiary/aromatic N) is 1. The highest BCUT2D eigenvalue weighted by atomic mass is 35.5. The summed E-state index contributed by atoms with van der Waals surface area (Å²) in [6.45, 7) is 4.19. The van der Waals surface area contributed by atoms with Crippen LogP contribution in [0.2, 0.25) is 5.02 Å². The van der Waals surface area contributed by atoms with Gasteiger partial charge in [0.1, 0.15) is 5.75 Å². The molecule has 0 aliphatic carbocycles. The Morgan fingerprint density at radius 1 is 1.43 bits per heavy atom. The zero-order valence-electron chi connectivity index (χ0n) is 12.4. The van der Waals surface area contributed by atoms with Crippen LogP contribution in [0.3, 0.4) is 0 Å².